The van der Waals surface area contributed by atoms with Crippen LogP contribution in [0.3, 0.4) is 0 Å². The van der Waals surface area contributed by atoms with Crippen molar-refractivity contribution in [3.63, 3.8) is 0 Å². The topological polar surface area (TPSA) is 59.1 Å². The molecule has 17 heavy (non-hydrogen) atoms. The molecule has 1 aliphatic rings. The average Bonchev–Trinajstić information content (AvgIpc) is 2.30. The highest BCUT2D eigenvalue weighted by molar-refractivity contribution is 6.32. The number of nitrogens with zero attached hydrogens (tertiary/aromatic N) is 2. The predicted molar refractivity (Wildman–Crippen MR) is 68.7 cm³/mol. The molecule has 0 amide bonds. The van der Waals surface area contributed by atoms with Gasteiger partial charge >= 0.3 is 0 Å². The van der Waals surface area contributed by atoms with E-state index in [1.807, 2.05) is 0 Å². The second kappa shape index (κ2) is 5.06. The second-order valence-corrected chi connectivity index (χ2v) is 4.64. The van der Waals surface area contributed by atoms with Gasteiger partial charge in [-0.2, -0.15) is 4.98 Å². The lowest BCUT2D eigenvalue weighted by molar-refractivity contribution is -0.0601. The van der Waals surface area contributed by atoms with Crippen LogP contribution in [0, 0.1) is 0 Å². The highest BCUT2D eigenvalue weighted by atomic mass is 35.5. The first-order valence-electron chi connectivity index (χ1n) is 5.68. The maximum absolute atomic E-state index is 6.03. The van der Waals surface area contributed by atoms with Crippen LogP contribution in [0.2, 0.25) is 5.02 Å². The molecule has 6 heteroatoms. The fraction of sp³-hybridized carbons (Fsp3) is 0.636. The van der Waals surface area contributed by atoms with Crippen molar-refractivity contribution in [2.75, 3.05) is 31.3 Å². The van der Waals surface area contributed by atoms with Crippen molar-refractivity contribution in [1.82, 2.24) is 9.97 Å². The number of hydrogen-bond acceptors (Lipinski definition) is 5. The van der Waals surface area contributed by atoms with E-state index in [2.05, 4.69) is 20.6 Å². The minimum Gasteiger partial charge on any atom is -0.376 e. The molecular formula is C11H17ClN4O. The van der Waals surface area contributed by atoms with Crippen LogP contribution in [0.1, 0.15) is 19.3 Å². The molecule has 1 aromatic heterocycles. The Bertz CT molecular complexity index is 390. The van der Waals surface area contributed by atoms with Crippen LogP contribution in [0.15, 0.2) is 6.20 Å². The maximum Gasteiger partial charge on any atom is 0.224 e. The van der Waals surface area contributed by atoms with Gasteiger partial charge in [-0.05, 0) is 19.3 Å². The molecule has 0 spiro atoms. The third-order valence-corrected chi connectivity index (χ3v) is 3.52. The number of aromatic nitrogens is 2. The summed E-state index contributed by atoms with van der Waals surface area (Å²) in [7, 11) is 3.52. The number of rotatable bonds is 5. The van der Waals surface area contributed by atoms with Gasteiger partial charge in [-0.15, -0.1) is 0 Å². The maximum atomic E-state index is 6.03. The van der Waals surface area contributed by atoms with Gasteiger partial charge < -0.3 is 15.4 Å². The van der Waals surface area contributed by atoms with Crippen LogP contribution in [-0.2, 0) is 4.74 Å². The molecule has 1 fully saturated rings. The number of anilines is 2. The minimum absolute atomic E-state index is 0.0475. The molecule has 0 aromatic carbocycles. The minimum atomic E-state index is -0.0475. The van der Waals surface area contributed by atoms with E-state index in [1.165, 1.54) is 6.42 Å². The molecule has 94 valence electrons. The fourth-order valence-corrected chi connectivity index (χ4v) is 2.04. The highest BCUT2D eigenvalue weighted by Gasteiger charge is 2.36. The monoisotopic (exact) mass is 256 g/mol. The van der Waals surface area contributed by atoms with Crippen molar-refractivity contribution >= 4 is 23.4 Å². The summed E-state index contributed by atoms with van der Waals surface area (Å²) in [5.41, 5.74) is -0.0475. The Morgan fingerprint density at radius 1 is 1.53 bits per heavy atom. The van der Waals surface area contributed by atoms with E-state index in [0.29, 0.717) is 16.8 Å². The Balaban J connectivity index is 2.02. The standard InChI is InChI=1S/C11H17ClN4O/c1-13-10-14-6-8(12)9(16-10)15-7-11(17-2)4-3-5-11/h6H,3-5,7H2,1-2H3,(H2,13,14,15,16). The van der Waals surface area contributed by atoms with E-state index in [1.54, 1.807) is 20.4 Å². The SMILES string of the molecule is CNc1ncc(Cl)c(NCC2(OC)CCC2)n1. The molecule has 0 aliphatic heterocycles. The Morgan fingerprint density at radius 3 is 2.82 bits per heavy atom. The van der Waals surface area contributed by atoms with Crippen LogP contribution in [0.4, 0.5) is 11.8 Å². The van der Waals surface area contributed by atoms with E-state index < -0.39 is 0 Å². The zero-order chi connectivity index (χ0) is 12.3. The van der Waals surface area contributed by atoms with Crippen LogP contribution < -0.4 is 10.6 Å². The fourth-order valence-electron chi connectivity index (χ4n) is 1.88. The summed E-state index contributed by atoms with van der Waals surface area (Å²) < 4.78 is 5.53. The normalized spacial score (nSPS) is 17.4. The number of nitrogens with one attached hydrogen (secondary N) is 2. The molecule has 1 saturated carbocycles. The number of ether oxygens (including phenoxy) is 1. The third-order valence-electron chi connectivity index (χ3n) is 3.24. The largest absolute Gasteiger partial charge is 0.376 e. The van der Waals surface area contributed by atoms with E-state index in [-0.39, 0.29) is 5.60 Å². The summed E-state index contributed by atoms with van der Waals surface area (Å²) in [6.45, 7) is 0.726. The summed E-state index contributed by atoms with van der Waals surface area (Å²) >= 11 is 6.03. The van der Waals surface area contributed by atoms with E-state index in [4.69, 9.17) is 16.3 Å². The van der Waals surface area contributed by atoms with Crippen molar-refractivity contribution in [3.05, 3.63) is 11.2 Å². The Morgan fingerprint density at radius 2 is 2.29 bits per heavy atom. The number of hydrogen-bond donors (Lipinski definition) is 2. The molecule has 0 bridgehead atoms. The molecule has 0 atom stereocenters. The van der Waals surface area contributed by atoms with Crippen molar-refractivity contribution in [3.8, 4) is 0 Å². The lowest BCUT2D eigenvalue weighted by Gasteiger charge is -2.40. The van der Waals surface area contributed by atoms with E-state index in [0.717, 1.165) is 19.4 Å². The molecule has 1 aliphatic carbocycles. The molecule has 2 N–H and O–H groups in total. The van der Waals surface area contributed by atoms with Crippen LogP contribution in [0.25, 0.3) is 0 Å². The molecule has 2 rings (SSSR count). The Hall–Kier alpha value is -1.07. The first kappa shape index (κ1) is 12.4. The Labute approximate surface area is 106 Å². The molecule has 0 radical (unpaired) electrons. The van der Waals surface area contributed by atoms with Gasteiger partial charge in [-0.25, -0.2) is 4.98 Å². The van der Waals surface area contributed by atoms with E-state index >= 15 is 0 Å². The lowest BCUT2D eigenvalue weighted by atomic mass is 9.80. The van der Waals surface area contributed by atoms with Gasteiger partial charge in [0.25, 0.3) is 0 Å². The quantitative estimate of drug-likeness (QED) is 0.845. The zero-order valence-corrected chi connectivity index (χ0v) is 10.8. The van der Waals surface area contributed by atoms with Crippen molar-refractivity contribution in [1.29, 1.82) is 0 Å². The van der Waals surface area contributed by atoms with Crippen LogP contribution in [0.5, 0.6) is 0 Å². The molecule has 1 heterocycles. The van der Waals surface area contributed by atoms with Gasteiger partial charge in [-0.1, -0.05) is 11.6 Å². The van der Waals surface area contributed by atoms with Crippen LogP contribution >= 0.6 is 11.6 Å². The molecule has 0 saturated heterocycles. The van der Waals surface area contributed by atoms with Crippen molar-refractivity contribution < 1.29 is 4.74 Å². The first-order valence-corrected chi connectivity index (χ1v) is 6.06. The predicted octanol–water partition coefficient (Wildman–Crippen LogP) is 2.15. The number of methoxy groups -OCH3 is 1. The van der Waals surface area contributed by atoms with Gasteiger partial charge in [0, 0.05) is 20.7 Å². The number of halogens is 1. The smallest absolute Gasteiger partial charge is 0.224 e. The summed E-state index contributed by atoms with van der Waals surface area (Å²) in [4.78, 5) is 8.30. The summed E-state index contributed by atoms with van der Waals surface area (Å²) in [5, 5.41) is 6.64. The Kier molecular flexibility index (Phi) is 3.69. The average molecular weight is 257 g/mol. The highest BCUT2D eigenvalue weighted by Crippen LogP contribution is 2.35. The molecule has 5 nitrogen and oxygen atoms in total. The van der Waals surface area contributed by atoms with E-state index in [9.17, 15) is 0 Å². The summed E-state index contributed by atoms with van der Waals surface area (Å²) in [6.07, 6.45) is 4.97. The summed E-state index contributed by atoms with van der Waals surface area (Å²) in [6, 6.07) is 0. The first-order chi connectivity index (χ1) is 8.19. The molecular weight excluding hydrogens is 240 g/mol. The van der Waals surface area contributed by atoms with Crippen LogP contribution in [-0.4, -0.2) is 36.3 Å². The van der Waals surface area contributed by atoms with Gasteiger partial charge in [0.05, 0.1) is 11.8 Å². The summed E-state index contributed by atoms with van der Waals surface area (Å²) in [5.74, 6) is 1.20. The second-order valence-electron chi connectivity index (χ2n) is 4.23. The lowest BCUT2D eigenvalue weighted by Crippen LogP contribution is -2.45. The van der Waals surface area contributed by atoms with Crippen molar-refractivity contribution in [2.45, 2.75) is 24.9 Å². The van der Waals surface area contributed by atoms with Crippen molar-refractivity contribution in [2.24, 2.45) is 0 Å². The molecule has 0 unspecified atom stereocenters. The van der Waals surface area contributed by atoms with Gasteiger partial charge in [0.1, 0.15) is 5.02 Å². The zero-order valence-electron chi connectivity index (χ0n) is 10.1. The molecule has 1 aromatic rings. The van der Waals surface area contributed by atoms with Gasteiger partial charge in [0.15, 0.2) is 5.82 Å². The van der Waals surface area contributed by atoms with Gasteiger partial charge in [-0.3, -0.25) is 0 Å². The third kappa shape index (κ3) is 2.61. The van der Waals surface area contributed by atoms with Gasteiger partial charge in [0.2, 0.25) is 5.95 Å².